The predicted octanol–water partition coefficient (Wildman–Crippen LogP) is 1.24. The highest BCUT2D eigenvalue weighted by Crippen LogP contribution is 2.48. The van der Waals surface area contributed by atoms with E-state index in [1.54, 1.807) is 6.07 Å². The summed E-state index contributed by atoms with van der Waals surface area (Å²) in [6.07, 6.45) is 3.44. The van der Waals surface area contributed by atoms with Crippen molar-refractivity contribution in [2.45, 2.75) is 19.3 Å². The summed E-state index contributed by atoms with van der Waals surface area (Å²) >= 11 is 5.79. The van der Waals surface area contributed by atoms with Crippen molar-refractivity contribution < 1.29 is 0 Å². The lowest BCUT2D eigenvalue weighted by Crippen LogP contribution is -2.19. The van der Waals surface area contributed by atoms with Crippen LogP contribution in [-0.2, 0) is 0 Å². The summed E-state index contributed by atoms with van der Waals surface area (Å²) in [4.78, 5) is 11.4. The number of rotatable bonds is 5. The van der Waals surface area contributed by atoms with Gasteiger partial charge in [-0.15, -0.1) is 16.7 Å². The molecule has 0 radical (unpaired) electrons. The van der Waals surface area contributed by atoms with Crippen LogP contribution in [0.25, 0.3) is 5.65 Å². The van der Waals surface area contributed by atoms with Crippen molar-refractivity contribution in [2.75, 3.05) is 17.7 Å². The average Bonchev–Trinajstić information content (AvgIpc) is 3.05. The third-order valence-electron chi connectivity index (χ3n) is 3.50. The molecule has 1 aliphatic rings. The summed E-state index contributed by atoms with van der Waals surface area (Å²) < 4.78 is 1.25. The zero-order valence-corrected chi connectivity index (χ0v) is 10.6. The Morgan fingerprint density at radius 1 is 1.50 bits per heavy atom. The molecule has 3 rings (SSSR count). The number of aromatic nitrogens is 4. The van der Waals surface area contributed by atoms with E-state index in [0.29, 0.717) is 22.8 Å². The molecular formula is C11H14ClN5O. The summed E-state index contributed by atoms with van der Waals surface area (Å²) in [5, 5.41) is 13.6. The molecule has 0 amide bonds. The molecule has 0 unspecified atom stereocenters. The smallest absolute Gasteiger partial charge is 0.364 e. The van der Waals surface area contributed by atoms with Crippen molar-refractivity contribution in [3.05, 3.63) is 22.6 Å². The van der Waals surface area contributed by atoms with Gasteiger partial charge in [-0.05, 0) is 36.8 Å². The van der Waals surface area contributed by atoms with Crippen molar-refractivity contribution in [3.63, 3.8) is 0 Å². The highest BCUT2D eigenvalue weighted by Gasteiger charge is 2.41. The second-order valence-electron chi connectivity index (χ2n) is 4.81. The van der Waals surface area contributed by atoms with Gasteiger partial charge in [-0.2, -0.15) is 9.61 Å². The molecule has 0 bridgehead atoms. The van der Waals surface area contributed by atoms with E-state index in [9.17, 15) is 4.79 Å². The van der Waals surface area contributed by atoms with E-state index in [1.165, 1.54) is 17.4 Å². The van der Waals surface area contributed by atoms with Crippen LogP contribution >= 0.6 is 11.6 Å². The first-order valence-electron chi connectivity index (χ1n) is 5.97. The van der Waals surface area contributed by atoms with Crippen LogP contribution < -0.4 is 11.0 Å². The van der Waals surface area contributed by atoms with Gasteiger partial charge >= 0.3 is 5.69 Å². The minimum Gasteiger partial charge on any atom is -0.368 e. The molecule has 6 nitrogen and oxygen atoms in total. The van der Waals surface area contributed by atoms with E-state index in [-0.39, 0.29) is 5.69 Å². The molecule has 0 saturated heterocycles. The van der Waals surface area contributed by atoms with Gasteiger partial charge in [0, 0.05) is 12.4 Å². The summed E-state index contributed by atoms with van der Waals surface area (Å²) in [6, 6.07) is 3.58. The molecule has 7 heteroatoms. The van der Waals surface area contributed by atoms with Gasteiger partial charge in [0.2, 0.25) is 0 Å². The zero-order chi connectivity index (χ0) is 12.6. The number of H-pyrrole nitrogens is 1. The first-order valence-corrected chi connectivity index (χ1v) is 6.50. The lowest BCUT2D eigenvalue weighted by Gasteiger charge is -2.14. The molecule has 1 fully saturated rings. The largest absolute Gasteiger partial charge is 0.368 e. The quantitative estimate of drug-likeness (QED) is 0.800. The van der Waals surface area contributed by atoms with Gasteiger partial charge in [-0.25, -0.2) is 9.89 Å². The highest BCUT2D eigenvalue weighted by molar-refractivity contribution is 6.17. The Kier molecular flexibility index (Phi) is 2.74. The first kappa shape index (κ1) is 11.5. The normalized spacial score (nSPS) is 16.9. The topological polar surface area (TPSA) is 75.1 Å². The van der Waals surface area contributed by atoms with Crippen LogP contribution in [0.2, 0.25) is 0 Å². The van der Waals surface area contributed by atoms with E-state index >= 15 is 0 Å². The molecule has 0 aliphatic heterocycles. The maximum atomic E-state index is 11.4. The van der Waals surface area contributed by atoms with Crippen LogP contribution in [0.5, 0.6) is 0 Å². The van der Waals surface area contributed by atoms with E-state index in [2.05, 4.69) is 20.6 Å². The fourth-order valence-corrected chi connectivity index (χ4v) is 2.47. The standard InChI is InChI=1S/C11H14ClN5O/c12-6-5-11(3-4-11)7-13-8-1-2-9-14-15-10(18)17(9)16-8/h1-2H,3-7H2,(H,13,16)(H,15,18). The Bertz CT molecular complexity index is 615. The van der Waals surface area contributed by atoms with Crippen molar-refractivity contribution in [2.24, 2.45) is 5.41 Å². The van der Waals surface area contributed by atoms with Crippen LogP contribution in [0, 0.1) is 5.41 Å². The molecule has 2 aromatic rings. The monoisotopic (exact) mass is 267 g/mol. The summed E-state index contributed by atoms with van der Waals surface area (Å²) in [6.45, 7) is 0.852. The molecule has 96 valence electrons. The Labute approximate surface area is 108 Å². The SMILES string of the molecule is O=c1[nH]nc2ccc(NCC3(CCCl)CC3)nn12. The third kappa shape index (κ3) is 2.08. The Balaban J connectivity index is 1.75. The molecule has 1 saturated carbocycles. The number of halogens is 1. The Morgan fingerprint density at radius 2 is 2.33 bits per heavy atom. The first-order chi connectivity index (χ1) is 8.72. The van der Waals surface area contributed by atoms with Crippen LogP contribution in [-0.4, -0.2) is 32.2 Å². The number of alkyl halides is 1. The van der Waals surface area contributed by atoms with E-state index < -0.39 is 0 Å². The average molecular weight is 268 g/mol. The number of hydrogen-bond acceptors (Lipinski definition) is 4. The van der Waals surface area contributed by atoms with Crippen molar-refractivity contribution >= 4 is 23.1 Å². The molecule has 2 N–H and O–H groups in total. The lowest BCUT2D eigenvalue weighted by molar-refractivity contribution is 0.523. The van der Waals surface area contributed by atoms with Gasteiger partial charge in [-0.1, -0.05) is 0 Å². The lowest BCUT2D eigenvalue weighted by atomic mass is 10.0. The second kappa shape index (κ2) is 4.28. The fourth-order valence-electron chi connectivity index (χ4n) is 2.07. The fraction of sp³-hybridized carbons (Fsp3) is 0.545. The van der Waals surface area contributed by atoms with E-state index in [0.717, 1.165) is 13.0 Å². The molecule has 0 spiro atoms. The van der Waals surface area contributed by atoms with Gasteiger partial charge in [0.25, 0.3) is 0 Å². The maximum absolute atomic E-state index is 11.4. The van der Waals surface area contributed by atoms with Gasteiger partial charge in [-0.3, -0.25) is 0 Å². The van der Waals surface area contributed by atoms with Crippen LogP contribution in [0.15, 0.2) is 16.9 Å². The number of nitrogens with one attached hydrogen (secondary N) is 2. The van der Waals surface area contributed by atoms with Crippen LogP contribution in [0.3, 0.4) is 0 Å². The van der Waals surface area contributed by atoms with Gasteiger partial charge in [0.05, 0.1) is 0 Å². The number of anilines is 1. The van der Waals surface area contributed by atoms with Crippen LogP contribution in [0.4, 0.5) is 5.82 Å². The Morgan fingerprint density at radius 3 is 3.06 bits per heavy atom. The molecule has 0 atom stereocenters. The summed E-state index contributed by atoms with van der Waals surface area (Å²) in [5.41, 5.74) is 0.530. The summed E-state index contributed by atoms with van der Waals surface area (Å²) in [7, 11) is 0. The molecule has 2 heterocycles. The molecule has 0 aromatic carbocycles. The van der Waals surface area contributed by atoms with Crippen molar-refractivity contribution in [3.8, 4) is 0 Å². The van der Waals surface area contributed by atoms with Gasteiger partial charge < -0.3 is 5.32 Å². The predicted molar refractivity (Wildman–Crippen MR) is 69.1 cm³/mol. The van der Waals surface area contributed by atoms with Crippen LogP contribution in [0.1, 0.15) is 19.3 Å². The number of nitrogens with zero attached hydrogens (tertiary/aromatic N) is 3. The molecule has 18 heavy (non-hydrogen) atoms. The second-order valence-corrected chi connectivity index (χ2v) is 5.19. The number of fused-ring (bicyclic) bond motifs is 1. The number of aromatic amines is 1. The van der Waals surface area contributed by atoms with Gasteiger partial charge in [0.15, 0.2) is 5.65 Å². The zero-order valence-electron chi connectivity index (χ0n) is 9.82. The molecule has 2 aromatic heterocycles. The highest BCUT2D eigenvalue weighted by atomic mass is 35.5. The molecular weight excluding hydrogens is 254 g/mol. The van der Waals surface area contributed by atoms with E-state index in [4.69, 9.17) is 11.6 Å². The van der Waals surface area contributed by atoms with E-state index in [1.807, 2.05) is 6.07 Å². The Hall–Kier alpha value is -1.56. The molecule has 1 aliphatic carbocycles. The minimum atomic E-state index is -0.324. The maximum Gasteiger partial charge on any atom is 0.364 e. The summed E-state index contributed by atoms with van der Waals surface area (Å²) in [5.74, 6) is 1.38. The minimum absolute atomic E-state index is 0.324. The third-order valence-corrected chi connectivity index (χ3v) is 3.69. The van der Waals surface area contributed by atoms with Crippen molar-refractivity contribution in [1.29, 1.82) is 0 Å². The van der Waals surface area contributed by atoms with Crippen molar-refractivity contribution in [1.82, 2.24) is 19.8 Å². The number of hydrogen-bond donors (Lipinski definition) is 2. The van der Waals surface area contributed by atoms with Gasteiger partial charge in [0.1, 0.15) is 5.82 Å².